The molecule has 0 radical (unpaired) electrons. The van der Waals surface area contributed by atoms with Gasteiger partial charge in [0.15, 0.2) is 6.39 Å². The monoisotopic (exact) mass is 237 g/mol. The molecule has 1 heterocycles. The fourth-order valence-electron chi connectivity index (χ4n) is 1.38. The standard InChI is InChI=1S/C11H8ClNO3/c12-8-3-1-7(2-4-8)11-9(5-10(14)15)16-6-13-11/h1-4,6H,5H2,(H,14,15). The molecular weight excluding hydrogens is 230 g/mol. The Morgan fingerprint density at radius 3 is 2.69 bits per heavy atom. The zero-order valence-corrected chi connectivity index (χ0v) is 8.94. The number of carboxylic acids is 1. The van der Waals surface area contributed by atoms with Crippen LogP contribution in [0.5, 0.6) is 0 Å². The van der Waals surface area contributed by atoms with Crippen molar-refractivity contribution in [2.45, 2.75) is 6.42 Å². The fourth-order valence-corrected chi connectivity index (χ4v) is 1.50. The van der Waals surface area contributed by atoms with Crippen LogP contribution >= 0.6 is 11.6 Å². The Bertz CT molecular complexity index is 504. The lowest BCUT2D eigenvalue weighted by Crippen LogP contribution is -2.00. The maximum absolute atomic E-state index is 10.6. The van der Waals surface area contributed by atoms with Crippen molar-refractivity contribution in [3.8, 4) is 11.3 Å². The summed E-state index contributed by atoms with van der Waals surface area (Å²) in [6, 6.07) is 6.98. The van der Waals surface area contributed by atoms with E-state index in [0.29, 0.717) is 16.5 Å². The van der Waals surface area contributed by atoms with Gasteiger partial charge in [-0.25, -0.2) is 4.98 Å². The second-order valence-corrected chi connectivity index (χ2v) is 3.64. The lowest BCUT2D eigenvalue weighted by atomic mass is 10.1. The van der Waals surface area contributed by atoms with Gasteiger partial charge in [-0.2, -0.15) is 0 Å². The number of hydrogen-bond acceptors (Lipinski definition) is 3. The van der Waals surface area contributed by atoms with Gasteiger partial charge in [-0.15, -0.1) is 0 Å². The SMILES string of the molecule is O=C(O)Cc1ocnc1-c1ccc(Cl)cc1. The van der Waals surface area contributed by atoms with Gasteiger partial charge in [0.1, 0.15) is 17.9 Å². The lowest BCUT2D eigenvalue weighted by molar-refractivity contribution is -0.136. The van der Waals surface area contributed by atoms with Gasteiger partial charge in [0.25, 0.3) is 0 Å². The van der Waals surface area contributed by atoms with Gasteiger partial charge in [0, 0.05) is 10.6 Å². The summed E-state index contributed by atoms with van der Waals surface area (Å²) >= 11 is 5.76. The van der Waals surface area contributed by atoms with Crippen LogP contribution in [-0.4, -0.2) is 16.1 Å². The molecule has 0 unspecified atom stereocenters. The summed E-state index contributed by atoms with van der Waals surface area (Å²) < 4.78 is 5.04. The Morgan fingerprint density at radius 1 is 1.38 bits per heavy atom. The molecule has 0 aliphatic rings. The first-order valence-corrected chi connectivity index (χ1v) is 4.94. The summed E-state index contributed by atoms with van der Waals surface area (Å²) in [6.45, 7) is 0. The molecule has 0 bridgehead atoms. The molecule has 0 saturated carbocycles. The lowest BCUT2D eigenvalue weighted by Gasteiger charge is -1.99. The molecule has 4 nitrogen and oxygen atoms in total. The zero-order chi connectivity index (χ0) is 11.5. The number of aromatic nitrogens is 1. The first kappa shape index (κ1) is 10.7. The molecule has 1 aromatic carbocycles. The maximum atomic E-state index is 10.6. The molecule has 0 aliphatic carbocycles. The van der Waals surface area contributed by atoms with E-state index in [1.54, 1.807) is 24.3 Å². The predicted molar refractivity (Wildman–Crippen MR) is 58.3 cm³/mol. The van der Waals surface area contributed by atoms with E-state index in [0.717, 1.165) is 5.56 Å². The summed E-state index contributed by atoms with van der Waals surface area (Å²) in [6.07, 6.45) is 1.06. The molecular formula is C11H8ClNO3. The van der Waals surface area contributed by atoms with Crippen LogP contribution in [-0.2, 0) is 11.2 Å². The third-order valence-electron chi connectivity index (χ3n) is 2.07. The van der Waals surface area contributed by atoms with Crippen molar-refractivity contribution in [2.24, 2.45) is 0 Å². The second kappa shape index (κ2) is 4.37. The van der Waals surface area contributed by atoms with Crippen LogP contribution < -0.4 is 0 Å². The van der Waals surface area contributed by atoms with Gasteiger partial charge >= 0.3 is 5.97 Å². The average Bonchev–Trinajstić information content (AvgIpc) is 2.66. The highest BCUT2D eigenvalue weighted by Gasteiger charge is 2.13. The maximum Gasteiger partial charge on any atom is 0.311 e. The van der Waals surface area contributed by atoms with E-state index in [2.05, 4.69) is 4.98 Å². The van der Waals surface area contributed by atoms with Crippen LogP contribution in [0.15, 0.2) is 35.1 Å². The first-order valence-electron chi connectivity index (χ1n) is 4.57. The molecule has 0 aliphatic heterocycles. The van der Waals surface area contributed by atoms with Gasteiger partial charge in [0.05, 0.1) is 0 Å². The topological polar surface area (TPSA) is 63.3 Å². The van der Waals surface area contributed by atoms with E-state index in [1.807, 2.05) is 0 Å². The van der Waals surface area contributed by atoms with E-state index in [1.165, 1.54) is 6.39 Å². The number of nitrogens with zero attached hydrogens (tertiary/aromatic N) is 1. The van der Waals surface area contributed by atoms with Crippen molar-refractivity contribution in [1.82, 2.24) is 4.98 Å². The summed E-state index contributed by atoms with van der Waals surface area (Å²) in [5.74, 6) is -0.609. The Kier molecular flexibility index (Phi) is 2.92. The normalized spacial score (nSPS) is 10.3. The molecule has 5 heteroatoms. The Balaban J connectivity index is 2.36. The van der Waals surface area contributed by atoms with Crippen molar-refractivity contribution >= 4 is 17.6 Å². The summed E-state index contributed by atoms with van der Waals surface area (Å²) in [5, 5.41) is 9.31. The molecule has 2 aromatic rings. The second-order valence-electron chi connectivity index (χ2n) is 3.20. The highest BCUT2D eigenvalue weighted by atomic mass is 35.5. The minimum absolute atomic E-state index is 0.183. The third-order valence-corrected chi connectivity index (χ3v) is 2.32. The number of benzene rings is 1. The van der Waals surface area contributed by atoms with Gasteiger partial charge in [-0.3, -0.25) is 4.79 Å². The Hall–Kier alpha value is -1.81. The molecule has 0 saturated heterocycles. The molecule has 16 heavy (non-hydrogen) atoms. The fraction of sp³-hybridized carbons (Fsp3) is 0.0909. The first-order chi connectivity index (χ1) is 7.66. The number of halogens is 1. The van der Waals surface area contributed by atoms with E-state index in [4.69, 9.17) is 21.1 Å². The summed E-state index contributed by atoms with van der Waals surface area (Å²) in [4.78, 5) is 14.6. The quantitative estimate of drug-likeness (QED) is 0.891. The Morgan fingerprint density at radius 2 is 2.06 bits per heavy atom. The highest BCUT2D eigenvalue weighted by molar-refractivity contribution is 6.30. The van der Waals surface area contributed by atoms with Crippen molar-refractivity contribution in [2.75, 3.05) is 0 Å². The third kappa shape index (κ3) is 2.23. The number of rotatable bonds is 3. The van der Waals surface area contributed by atoms with Crippen molar-refractivity contribution in [3.05, 3.63) is 41.4 Å². The van der Waals surface area contributed by atoms with Gasteiger partial charge < -0.3 is 9.52 Å². The van der Waals surface area contributed by atoms with Crippen LogP contribution in [0.25, 0.3) is 11.3 Å². The van der Waals surface area contributed by atoms with Crippen LogP contribution in [0.1, 0.15) is 5.76 Å². The number of carbonyl (C=O) groups is 1. The Labute approximate surface area is 96.5 Å². The van der Waals surface area contributed by atoms with Gasteiger partial charge in [0.2, 0.25) is 0 Å². The van der Waals surface area contributed by atoms with Crippen LogP contribution in [0, 0.1) is 0 Å². The van der Waals surface area contributed by atoms with E-state index < -0.39 is 5.97 Å². The summed E-state index contributed by atoms with van der Waals surface area (Å²) in [7, 11) is 0. The number of hydrogen-bond donors (Lipinski definition) is 1. The smallest absolute Gasteiger partial charge is 0.311 e. The molecule has 0 amide bonds. The minimum Gasteiger partial charge on any atom is -0.481 e. The van der Waals surface area contributed by atoms with E-state index >= 15 is 0 Å². The number of carboxylic acid groups (broad SMARTS) is 1. The van der Waals surface area contributed by atoms with Crippen molar-refractivity contribution in [1.29, 1.82) is 0 Å². The molecule has 0 atom stereocenters. The molecule has 1 aromatic heterocycles. The van der Waals surface area contributed by atoms with E-state index in [9.17, 15) is 4.79 Å². The van der Waals surface area contributed by atoms with Gasteiger partial charge in [-0.1, -0.05) is 23.7 Å². The van der Waals surface area contributed by atoms with Gasteiger partial charge in [-0.05, 0) is 12.1 Å². The molecule has 0 fully saturated rings. The van der Waals surface area contributed by atoms with E-state index in [-0.39, 0.29) is 6.42 Å². The molecule has 82 valence electrons. The highest BCUT2D eigenvalue weighted by Crippen LogP contribution is 2.24. The predicted octanol–water partition coefficient (Wildman–Crippen LogP) is 2.62. The van der Waals surface area contributed by atoms with Crippen LogP contribution in [0.4, 0.5) is 0 Å². The zero-order valence-electron chi connectivity index (χ0n) is 8.18. The number of aliphatic carboxylic acids is 1. The largest absolute Gasteiger partial charge is 0.481 e. The van der Waals surface area contributed by atoms with Crippen LogP contribution in [0.3, 0.4) is 0 Å². The van der Waals surface area contributed by atoms with Crippen molar-refractivity contribution in [3.63, 3.8) is 0 Å². The minimum atomic E-state index is -0.952. The number of oxazole rings is 1. The molecule has 2 rings (SSSR count). The average molecular weight is 238 g/mol. The summed E-state index contributed by atoms with van der Waals surface area (Å²) in [5.41, 5.74) is 1.33. The van der Waals surface area contributed by atoms with Crippen LogP contribution in [0.2, 0.25) is 5.02 Å². The van der Waals surface area contributed by atoms with Crippen molar-refractivity contribution < 1.29 is 14.3 Å². The molecule has 0 spiro atoms. The molecule has 1 N–H and O–H groups in total.